The molecule has 0 saturated carbocycles. The standard InChI is InChI=1S/C20H24N4O5/c1-29-13-7-12(8-21)23(10-13)9-11-2-3-14-15(6-11)20(28)24(19(14)27)16-4-5-17(25)22-18(16)26/h2-3,6,12-13,16H,4-5,7-10,21H2,1H3,(H,22,25,26)/t12-,13-,16?/m0/s1. The Morgan fingerprint density at radius 3 is 2.62 bits per heavy atom. The number of hydrogen-bond acceptors (Lipinski definition) is 7. The van der Waals surface area contributed by atoms with Crippen LogP contribution in [0.3, 0.4) is 0 Å². The Kier molecular flexibility index (Phi) is 5.20. The van der Waals surface area contributed by atoms with E-state index in [1.54, 1.807) is 19.2 Å². The largest absolute Gasteiger partial charge is 0.380 e. The summed E-state index contributed by atoms with van der Waals surface area (Å²) in [7, 11) is 1.69. The minimum absolute atomic E-state index is 0.102. The fourth-order valence-corrected chi connectivity index (χ4v) is 4.40. The van der Waals surface area contributed by atoms with Crippen molar-refractivity contribution in [2.24, 2.45) is 5.73 Å². The predicted molar refractivity (Wildman–Crippen MR) is 102 cm³/mol. The van der Waals surface area contributed by atoms with Crippen LogP contribution in [0.4, 0.5) is 0 Å². The molecule has 1 aromatic rings. The minimum atomic E-state index is -0.953. The molecule has 0 radical (unpaired) electrons. The Labute approximate surface area is 168 Å². The highest BCUT2D eigenvalue weighted by Crippen LogP contribution is 2.29. The lowest BCUT2D eigenvalue weighted by molar-refractivity contribution is -0.136. The van der Waals surface area contributed by atoms with Crippen molar-refractivity contribution in [3.05, 3.63) is 34.9 Å². The van der Waals surface area contributed by atoms with Gasteiger partial charge in [0.25, 0.3) is 11.8 Å². The maximum absolute atomic E-state index is 12.9. The monoisotopic (exact) mass is 400 g/mol. The predicted octanol–water partition coefficient (Wildman–Crippen LogP) is -0.364. The van der Waals surface area contributed by atoms with Gasteiger partial charge in [0, 0.05) is 39.2 Å². The molecule has 2 fully saturated rings. The first-order chi connectivity index (χ1) is 13.9. The molecule has 3 aliphatic rings. The summed E-state index contributed by atoms with van der Waals surface area (Å²) in [5, 5.41) is 2.20. The Bertz CT molecular complexity index is 886. The van der Waals surface area contributed by atoms with E-state index in [0.29, 0.717) is 18.7 Å². The van der Waals surface area contributed by atoms with Crippen LogP contribution in [-0.2, 0) is 20.9 Å². The van der Waals surface area contributed by atoms with Crippen LogP contribution >= 0.6 is 0 Å². The zero-order chi connectivity index (χ0) is 20.7. The topological polar surface area (TPSA) is 122 Å². The van der Waals surface area contributed by atoms with Gasteiger partial charge in [-0.25, -0.2) is 0 Å². The summed E-state index contributed by atoms with van der Waals surface area (Å²) in [5.74, 6) is -1.98. The first-order valence-electron chi connectivity index (χ1n) is 9.74. The molecular formula is C20H24N4O5. The number of piperidine rings is 1. The molecule has 0 aliphatic carbocycles. The number of likely N-dealkylation sites (tertiary alicyclic amines) is 1. The van der Waals surface area contributed by atoms with Crippen molar-refractivity contribution in [2.75, 3.05) is 20.2 Å². The van der Waals surface area contributed by atoms with Gasteiger partial charge in [0.15, 0.2) is 0 Å². The number of nitrogens with one attached hydrogen (secondary N) is 1. The number of carbonyl (C=O) groups excluding carboxylic acids is 4. The molecule has 2 saturated heterocycles. The van der Waals surface area contributed by atoms with Crippen LogP contribution in [-0.4, -0.2) is 71.8 Å². The third kappa shape index (κ3) is 3.45. The number of hydrogen-bond donors (Lipinski definition) is 2. The number of ether oxygens (including phenoxy) is 1. The van der Waals surface area contributed by atoms with Crippen molar-refractivity contribution in [1.82, 2.24) is 15.1 Å². The maximum atomic E-state index is 12.9. The lowest BCUT2D eigenvalue weighted by Crippen LogP contribution is -2.54. The molecule has 9 heteroatoms. The van der Waals surface area contributed by atoms with Gasteiger partial charge in [-0.3, -0.25) is 34.3 Å². The van der Waals surface area contributed by atoms with E-state index in [9.17, 15) is 19.2 Å². The first kappa shape index (κ1) is 19.7. The second-order valence-electron chi connectivity index (χ2n) is 7.74. The molecule has 154 valence electrons. The number of benzene rings is 1. The zero-order valence-electron chi connectivity index (χ0n) is 16.2. The van der Waals surface area contributed by atoms with Crippen LogP contribution < -0.4 is 11.1 Å². The normalized spacial score (nSPS) is 27.5. The smallest absolute Gasteiger partial charge is 0.262 e. The minimum Gasteiger partial charge on any atom is -0.380 e. The van der Waals surface area contributed by atoms with Crippen molar-refractivity contribution in [1.29, 1.82) is 0 Å². The Morgan fingerprint density at radius 1 is 1.17 bits per heavy atom. The molecule has 1 unspecified atom stereocenters. The van der Waals surface area contributed by atoms with Crippen molar-refractivity contribution in [3.8, 4) is 0 Å². The third-order valence-corrected chi connectivity index (χ3v) is 5.98. The van der Waals surface area contributed by atoms with E-state index in [4.69, 9.17) is 10.5 Å². The summed E-state index contributed by atoms with van der Waals surface area (Å²) >= 11 is 0. The number of nitrogens with zero attached hydrogens (tertiary/aromatic N) is 2. The molecule has 3 atom stereocenters. The van der Waals surface area contributed by atoms with Crippen LogP contribution in [0.5, 0.6) is 0 Å². The van der Waals surface area contributed by atoms with E-state index in [-0.39, 0.29) is 36.5 Å². The number of carbonyl (C=O) groups is 4. The second-order valence-corrected chi connectivity index (χ2v) is 7.74. The summed E-state index contributed by atoms with van der Waals surface area (Å²) in [4.78, 5) is 52.4. The number of amides is 4. The van der Waals surface area contributed by atoms with Crippen molar-refractivity contribution < 1.29 is 23.9 Å². The van der Waals surface area contributed by atoms with E-state index >= 15 is 0 Å². The lowest BCUT2D eigenvalue weighted by Gasteiger charge is -2.27. The molecule has 0 bridgehead atoms. The third-order valence-electron chi connectivity index (χ3n) is 5.98. The zero-order valence-corrected chi connectivity index (χ0v) is 16.2. The highest BCUT2D eigenvalue weighted by atomic mass is 16.5. The van der Waals surface area contributed by atoms with Gasteiger partial charge < -0.3 is 10.5 Å². The number of rotatable bonds is 5. The molecule has 29 heavy (non-hydrogen) atoms. The van der Waals surface area contributed by atoms with Gasteiger partial charge >= 0.3 is 0 Å². The summed E-state index contributed by atoms with van der Waals surface area (Å²) in [6.45, 7) is 1.87. The van der Waals surface area contributed by atoms with E-state index < -0.39 is 23.8 Å². The lowest BCUT2D eigenvalue weighted by atomic mass is 10.0. The van der Waals surface area contributed by atoms with E-state index in [1.807, 2.05) is 6.07 Å². The highest BCUT2D eigenvalue weighted by Gasteiger charge is 2.44. The van der Waals surface area contributed by atoms with Gasteiger partial charge in [0.1, 0.15) is 6.04 Å². The average Bonchev–Trinajstić information content (AvgIpc) is 3.21. The number of methoxy groups -OCH3 is 1. The molecule has 3 N–H and O–H groups in total. The number of fused-ring (bicyclic) bond motifs is 1. The van der Waals surface area contributed by atoms with Crippen LogP contribution in [0, 0.1) is 0 Å². The van der Waals surface area contributed by atoms with E-state index in [1.165, 1.54) is 0 Å². The Hall–Kier alpha value is -2.62. The SMILES string of the molecule is CO[C@H]1C[C@@H](CN)N(Cc2ccc3c(c2)C(=O)N(C2CCC(=O)NC2=O)C3=O)C1. The van der Waals surface area contributed by atoms with Crippen molar-refractivity contribution in [3.63, 3.8) is 0 Å². The first-order valence-corrected chi connectivity index (χ1v) is 9.74. The molecular weight excluding hydrogens is 376 g/mol. The molecule has 3 heterocycles. The van der Waals surface area contributed by atoms with Gasteiger partial charge in [-0.05, 0) is 30.5 Å². The Morgan fingerprint density at radius 2 is 1.93 bits per heavy atom. The van der Waals surface area contributed by atoms with Crippen LogP contribution in [0.2, 0.25) is 0 Å². The van der Waals surface area contributed by atoms with Gasteiger partial charge in [0.2, 0.25) is 11.8 Å². The van der Waals surface area contributed by atoms with Gasteiger partial charge in [-0.1, -0.05) is 6.07 Å². The van der Waals surface area contributed by atoms with Crippen LogP contribution in [0.15, 0.2) is 18.2 Å². The summed E-state index contributed by atoms with van der Waals surface area (Å²) in [6, 6.07) is 4.43. The van der Waals surface area contributed by atoms with Crippen LogP contribution in [0.1, 0.15) is 45.5 Å². The van der Waals surface area contributed by atoms with Crippen molar-refractivity contribution in [2.45, 2.75) is 44.0 Å². The summed E-state index contributed by atoms with van der Waals surface area (Å²) in [6.07, 6.45) is 1.24. The fourth-order valence-electron chi connectivity index (χ4n) is 4.40. The van der Waals surface area contributed by atoms with Gasteiger partial charge in [-0.15, -0.1) is 0 Å². The molecule has 4 rings (SSSR count). The molecule has 0 spiro atoms. The molecule has 3 aliphatic heterocycles. The number of imide groups is 2. The second kappa shape index (κ2) is 7.66. The number of nitrogens with two attached hydrogens (primary N) is 1. The average molecular weight is 400 g/mol. The van der Waals surface area contributed by atoms with Crippen molar-refractivity contribution >= 4 is 23.6 Å². The summed E-state index contributed by atoms with van der Waals surface area (Å²) < 4.78 is 5.45. The van der Waals surface area contributed by atoms with Gasteiger partial charge in [0.05, 0.1) is 17.2 Å². The Balaban J connectivity index is 1.54. The highest BCUT2D eigenvalue weighted by molar-refractivity contribution is 6.23. The molecule has 1 aromatic carbocycles. The molecule has 0 aromatic heterocycles. The fraction of sp³-hybridized carbons (Fsp3) is 0.500. The van der Waals surface area contributed by atoms with Crippen LogP contribution in [0.25, 0.3) is 0 Å². The molecule has 9 nitrogen and oxygen atoms in total. The molecule has 4 amide bonds. The maximum Gasteiger partial charge on any atom is 0.262 e. The van der Waals surface area contributed by atoms with E-state index in [0.717, 1.165) is 23.4 Å². The van der Waals surface area contributed by atoms with Gasteiger partial charge in [-0.2, -0.15) is 0 Å². The summed E-state index contributed by atoms with van der Waals surface area (Å²) in [5.41, 5.74) is 7.36. The quantitative estimate of drug-likeness (QED) is 0.647. The van der Waals surface area contributed by atoms with E-state index in [2.05, 4.69) is 10.2 Å².